The maximum Gasteiger partial charge on any atom is 0.335 e. The van der Waals surface area contributed by atoms with E-state index in [1.54, 1.807) is 13.0 Å². The highest BCUT2D eigenvalue weighted by molar-refractivity contribution is 5.75. The number of hydrogen-bond acceptors (Lipinski definition) is 8. The van der Waals surface area contributed by atoms with Crippen LogP contribution in [-0.2, 0) is 30.5 Å². The Kier molecular flexibility index (Phi) is 12.6. The van der Waals surface area contributed by atoms with Crippen molar-refractivity contribution in [1.82, 2.24) is 0 Å². The molecule has 8 nitrogen and oxygen atoms in total. The average Bonchev–Trinajstić information content (AvgIpc) is 2.85. The fourth-order valence-corrected chi connectivity index (χ4v) is 2.95. The first-order valence-electron chi connectivity index (χ1n) is 11.5. The van der Waals surface area contributed by atoms with Crippen molar-refractivity contribution in [2.75, 3.05) is 33.0 Å². The first-order chi connectivity index (χ1) is 16.6. The van der Waals surface area contributed by atoms with Crippen LogP contribution in [0.1, 0.15) is 38.8 Å². The molecule has 0 aromatic heterocycles. The molecule has 2 aromatic carbocycles. The molecule has 0 aliphatic rings. The second-order valence-corrected chi connectivity index (χ2v) is 6.97. The molecule has 0 heterocycles. The van der Waals surface area contributed by atoms with E-state index < -0.39 is 6.10 Å². The molecule has 0 spiro atoms. The van der Waals surface area contributed by atoms with E-state index in [-0.39, 0.29) is 5.97 Å². The van der Waals surface area contributed by atoms with Crippen molar-refractivity contribution in [3.63, 3.8) is 0 Å². The van der Waals surface area contributed by atoms with Crippen molar-refractivity contribution < 1.29 is 38.6 Å². The van der Waals surface area contributed by atoms with Crippen molar-refractivity contribution in [3.05, 3.63) is 59.7 Å². The third-order valence-electron chi connectivity index (χ3n) is 4.37. The standard InChI is InChI=1S/C26H34O8/c1-5-28-25(26(27)29-6-2)18-20-11-13-22(14-12-20)30-15-9-10-21-16-23(33-31-7-3)19-24(17-21)34-32-8-4/h9-14,16-17,19,25H,5-8,15,18H2,1-4H3. The third-order valence-corrected chi connectivity index (χ3v) is 4.37. The van der Waals surface area contributed by atoms with Crippen molar-refractivity contribution >= 4 is 12.0 Å². The van der Waals surface area contributed by atoms with Crippen LogP contribution in [0.15, 0.2) is 48.5 Å². The van der Waals surface area contributed by atoms with E-state index >= 15 is 0 Å². The molecule has 1 unspecified atom stereocenters. The molecule has 0 aliphatic carbocycles. The molecule has 0 aliphatic heterocycles. The van der Waals surface area contributed by atoms with Crippen LogP contribution in [0.5, 0.6) is 17.2 Å². The van der Waals surface area contributed by atoms with Crippen molar-refractivity contribution in [3.8, 4) is 17.2 Å². The van der Waals surface area contributed by atoms with Crippen LogP contribution in [0.2, 0.25) is 0 Å². The molecule has 0 amide bonds. The van der Waals surface area contributed by atoms with Crippen LogP contribution in [0.3, 0.4) is 0 Å². The van der Waals surface area contributed by atoms with Crippen LogP contribution in [-0.4, -0.2) is 45.1 Å². The summed E-state index contributed by atoms with van der Waals surface area (Å²) < 4.78 is 16.4. The topological polar surface area (TPSA) is 81.7 Å². The second kappa shape index (κ2) is 15.7. The molecule has 0 fully saturated rings. The predicted molar refractivity (Wildman–Crippen MR) is 128 cm³/mol. The highest BCUT2D eigenvalue weighted by atomic mass is 17.2. The van der Waals surface area contributed by atoms with Gasteiger partial charge in [-0.05, 0) is 69.2 Å². The first kappa shape index (κ1) is 27.2. The molecule has 0 saturated carbocycles. The molecule has 2 aromatic rings. The molecular formula is C26H34O8. The zero-order valence-corrected chi connectivity index (χ0v) is 20.3. The molecule has 186 valence electrons. The van der Waals surface area contributed by atoms with Crippen LogP contribution < -0.4 is 14.5 Å². The summed E-state index contributed by atoms with van der Waals surface area (Å²) in [5, 5.41) is 0. The molecule has 0 bridgehead atoms. The van der Waals surface area contributed by atoms with Gasteiger partial charge in [-0.3, -0.25) is 0 Å². The summed E-state index contributed by atoms with van der Waals surface area (Å²) in [5.74, 6) is 1.37. The van der Waals surface area contributed by atoms with Gasteiger partial charge >= 0.3 is 5.97 Å². The number of carbonyl (C=O) groups excluding carboxylic acids is 1. The highest BCUT2D eigenvalue weighted by Gasteiger charge is 2.20. The van der Waals surface area contributed by atoms with E-state index in [1.807, 2.05) is 69.3 Å². The Hall–Kier alpha value is -3.07. The largest absolute Gasteiger partial charge is 0.490 e. The predicted octanol–water partition coefficient (Wildman–Crippen LogP) is 4.95. The lowest BCUT2D eigenvalue weighted by Gasteiger charge is -2.15. The number of rotatable bonds is 16. The van der Waals surface area contributed by atoms with Crippen molar-refractivity contribution in [2.45, 2.75) is 40.2 Å². The van der Waals surface area contributed by atoms with Gasteiger partial charge in [0.1, 0.15) is 12.4 Å². The number of esters is 1. The van der Waals surface area contributed by atoms with Crippen molar-refractivity contribution in [2.24, 2.45) is 0 Å². The minimum atomic E-state index is -0.612. The van der Waals surface area contributed by atoms with Crippen molar-refractivity contribution in [1.29, 1.82) is 0 Å². The number of ether oxygens (including phenoxy) is 3. The molecule has 2 rings (SSSR count). The average molecular weight is 475 g/mol. The molecular weight excluding hydrogens is 440 g/mol. The fraction of sp³-hybridized carbons (Fsp3) is 0.423. The van der Waals surface area contributed by atoms with Crippen LogP contribution in [0.4, 0.5) is 0 Å². The third kappa shape index (κ3) is 9.82. The van der Waals surface area contributed by atoms with Gasteiger partial charge in [0.25, 0.3) is 0 Å². The van der Waals surface area contributed by atoms with E-state index in [1.165, 1.54) is 0 Å². The minimum Gasteiger partial charge on any atom is -0.490 e. The maximum atomic E-state index is 12.0. The second-order valence-electron chi connectivity index (χ2n) is 6.97. The van der Waals surface area contributed by atoms with Gasteiger partial charge in [-0.15, -0.1) is 0 Å². The summed E-state index contributed by atoms with van der Waals surface area (Å²) in [5.41, 5.74) is 1.80. The lowest BCUT2D eigenvalue weighted by Crippen LogP contribution is -2.28. The van der Waals surface area contributed by atoms with Crippen LogP contribution in [0.25, 0.3) is 6.08 Å². The Morgan fingerprint density at radius 1 is 0.824 bits per heavy atom. The highest BCUT2D eigenvalue weighted by Crippen LogP contribution is 2.24. The van der Waals surface area contributed by atoms with E-state index in [9.17, 15) is 4.79 Å². The summed E-state index contributed by atoms with van der Waals surface area (Å²) in [6, 6.07) is 12.9. The van der Waals surface area contributed by atoms with Gasteiger partial charge in [-0.2, -0.15) is 9.78 Å². The molecule has 34 heavy (non-hydrogen) atoms. The van der Waals surface area contributed by atoms with Gasteiger partial charge in [0.15, 0.2) is 17.6 Å². The van der Waals surface area contributed by atoms with Gasteiger partial charge in [0.2, 0.25) is 0 Å². The first-order valence-corrected chi connectivity index (χ1v) is 11.5. The number of carbonyl (C=O) groups is 1. The molecule has 8 heteroatoms. The zero-order valence-electron chi connectivity index (χ0n) is 20.3. The quantitative estimate of drug-likeness (QED) is 0.192. The number of benzene rings is 2. The number of hydrogen-bond donors (Lipinski definition) is 0. The lowest BCUT2D eigenvalue weighted by atomic mass is 10.1. The Morgan fingerprint density at radius 3 is 2.03 bits per heavy atom. The Morgan fingerprint density at radius 2 is 1.47 bits per heavy atom. The van der Waals surface area contributed by atoms with E-state index in [4.69, 9.17) is 33.8 Å². The van der Waals surface area contributed by atoms with E-state index in [0.29, 0.717) is 56.7 Å². The van der Waals surface area contributed by atoms with Gasteiger partial charge in [-0.25, -0.2) is 4.79 Å². The Labute approximate surface area is 201 Å². The van der Waals surface area contributed by atoms with Gasteiger partial charge < -0.3 is 24.0 Å². The van der Waals surface area contributed by atoms with Gasteiger partial charge in [0.05, 0.1) is 19.8 Å². The zero-order chi connectivity index (χ0) is 24.6. The van der Waals surface area contributed by atoms with E-state index in [0.717, 1.165) is 11.1 Å². The summed E-state index contributed by atoms with van der Waals surface area (Å²) >= 11 is 0. The molecule has 0 radical (unpaired) electrons. The smallest absolute Gasteiger partial charge is 0.335 e. The Bertz CT molecular complexity index is 853. The Balaban J connectivity index is 1.93. The monoisotopic (exact) mass is 474 g/mol. The van der Waals surface area contributed by atoms with Gasteiger partial charge in [-0.1, -0.05) is 18.2 Å². The van der Waals surface area contributed by atoms with Gasteiger partial charge in [0, 0.05) is 19.1 Å². The molecule has 0 saturated heterocycles. The summed E-state index contributed by atoms with van der Waals surface area (Å²) in [4.78, 5) is 32.5. The van der Waals surface area contributed by atoms with Crippen LogP contribution >= 0.6 is 0 Å². The van der Waals surface area contributed by atoms with E-state index in [2.05, 4.69) is 0 Å². The molecule has 1 atom stereocenters. The lowest BCUT2D eigenvalue weighted by molar-refractivity contribution is -0.207. The maximum absolute atomic E-state index is 12.0. The summed E-state index contributed by atoms with van der Waals surface area (Å²) in [6.07, 6.45) is 3.60. The normalized spacial score (nSPS) is 11.9. The minimum absolute atomic E-state index is 0.327. The fourth-order valence-electron chi connectivity index (χ4n) is 2.95. The summed E-state index contributed by atoms with van der Waals surface area (Å²) in [7, 11) is 0. The molecule has 0 N–H and O–H groups in total. The summed E-state index contributed by atoms with van der Waals surface area (Å²) in [6.45, 7) is 9.28. The van der Waals surface area contributed by atoms with Crippen LogP contribution in [0, 0.1) is 0 Å². The SMILES string of the molecule is CCOOc1cc(C=CCOc2ccc(CC(OCC)C(=O)OCC)cc2)cc(OOCC)c1.